The highest BCUT2D eigenvalue weighted by atomic mass is 79.9. The first-order chi connectivity index (χ1) is 6.56. The number of methoxy groups -OCH3 is 1. The first kappa shape index (κ1) is 11.2. The quantitative estimate of drug-likeness (QED) is 0.848. The third-order valence-electron chi connectivity index (χ3n) is 1.83. The summed E-state index contributed by atoms with van der Waals surface area (Å²) in [5.41, 5.74) is 0.915. The zero-order chi connectivity index (χ0) is 10.7. The van der Waals surface area contributed by atoms with E-state index in [4.69, 9.17) is 4.74 Å². The lowest BCUT2D eigenvalue weighted by molar-refractivity contribution is 0.101. The molecule has 0 atom stereocenters. The molecule has 14 heavy (non-hydrogen) atoms. The molecule has 3 nitrogen and oxygen atoms in total. The van der Waals surface area contributed by atoms with Gasteiger partial charge in [0.05, 0.1) is 12.2 Å². The van der Waals surface area contributed by atoms with Crippen molar-refractivity contribution < 1.29 is 14.6 Å². The van der Waals surface area contributed by atoms with Gasteiger partial charge in [-0.15, -0.1) is 0 Å². The molecule has 4 heteroatoms. The van der Waals surface area contributed by atoms with E-state index in [0.29, 0.717) is 11.1 Å². The molecule has 0 spiro atoms. The maximum atomic E-state index is 11.2. The molecule has 1 N–H and O–H groups in total. The van der Waals surface area contributed by atoms with Gasteiger partial charge in [0.1, 0.15) is 5.75 Å². The Labute approximate surface area is 90.8 Å². The number of hydrogen-bond donors (Lipinski definition) is 1. The van der Waals surface area contributed by atoms with Crippen LogP contribution in [-0.2, 0) is 11.3 Å². The normalized spacial score (nSPS) is 10.2. The van der Waals surface area contributed by atoms with Gasteiger partial charge in [-0.2, -0.15) is 0 Å². The van der Waals surface area contributed by atoms with Crippen molar-refractivity contribution in [1.82, 2.24) is 0 Å². The Morgan fingerprint density at radius 3 is 2.71 bits per heavy atom. The average Bonchev–Trinajstić information content (AvgIpc) is 2.10. The Hall–Kier alpha value is -0.870. The molecule has 1 aromatic rings. The van der Waals surface area contributed by atoms with Crippen molar-refractivity contribution in [2.24, 2.45) is 0 Å². The highest BCUT2D eigenvalue weighted by Gasteiger charge is 2.12. The maximum Gasteiger partial charge on any atom is 0.163 e. The van der Waals surface area contributed by atoms with Crippen LogP contribution in [0.3, 0.4) is 0 Å². The zero-order valence-corrected chi connectivity index (χ0v) is 9.59. The summed E-state index contributed by atoms with van der Waals surface area (Å²) < 4.78 is 5.66. The molecule has 0 fully saturated rings. The number of carbonyl (C=O) groups excluding carboxylic acids is 1. The van der Waals surface area contributed by atoms with E-state index >= 15 is 0 Å². The van der Waals surface area contributed by atoms with Crippen molar-refractivity contribution >= 4 is 21.7 Å². The number of benzene rings is 1. The molecule has 76 valence electrons. The second kappa shape index (κ2) is 4.57. The average molecular weight is 259 g/mol. The fraction of sp³-hybridized carbons (Fsp3) is 0.300. The molecule has 0 bridgehead atoms. The Morgan fingerprint density at radius 2 is 2.21 bits per heavy atom. The van der Waals surface area contributed by atoms with Crippen molar-refractivity contribution in [2.75, 3.05) is 7.11 Å². The first-order valence-electron chi connectivity index (χ1n) is 4.07. The summed E-state index contributed by atoms with van der Waals surface area (Å²) in [7, 11) is 1.54. The number of phenolic OH excluding ortho intramolecular Hbond substituents is 1. The molecule has 0 amide bonds. The molecule has 0 aliphatic carbocycles. The van der Waals surface area contributed by atoms with Crippen LogP contribution < -0.4 is 0 Å². The lowest BCUT2D eigenvalue weighted by atomic mass is 10.1. The number of aromatic hydroxyl groups is 1. The van der Waals surface area contributed by atoms with Crippen LogP contribution in [0.2, 0.25) is 0 Å². The van der Waals surface area contributed by atoms with Gasteiger partial charge < -0.3 is 9.84 Å². The van der Waals surface area contributed by atoms with Gasteiger partial charge in [0.15, 0.2) is 5.78 Å². The van der Waals surface area contributed by atoms with E-state index in [1.54, 1.807) is 12.1 Å². The molecule has 0 aliphatic heterocycles. The smallest absolute Gasteiger partial charge is 0.163 e. The molecule has 0 saturated heterocycles. The van der Waals surface area contributed by atoms with Crippen molar-refractivity contribution in [3.8, 4) is 5.75 Å². The zero-order valence-electron chi connectivity index (χ0n) is 8.00. The van der Waals surface area contributed by atoms with Gasteiger partial charge in [-0.3, -0.25) is 4.79 Å². The van der Waals surface area contributed by atoms with Crippen molar-refractivity contribution in [1.29, 1.82) is 0 Å². The monoisotopic (exact) mass is 258 g/mol. The number of Topliss-reactive ketones (excluding diaryl/α,β-unsaturated/α-hetero) is 1. The Morgan fingerprint density at radius 1 is 1.57 bits per heavy atom. The number of ketones is 1. The minimum atomic E-state index is -0.166. The first-order valence-corrected chi connectivity index (χ1v) is 4.86. The molecule has 0 radical (unpaired) electrons. The van der Waals surface area contributed by atoms with Crippen molar-refractivity contribution in [3.05, 3.63) is 27.7 Å². The predicted octanol–water partition coefficient (Wildman–Crippen LogP) is 2.50. The number of ether oxygens (including phenoxy) is 1. The molecule has 1 rings (SSSR count). The van der Waals surface area contributed by atoms with Gasteiger partial charge in [-0.05, 0) is 19.1 Å². The molecule has 0 saturated carbocycles. The van der Waals surface area contributed by atoms with Gasteiger partial charge in [0.25, 0.3) is 0 Å². The molecular weight excluding hydrogens is 248 g/mol. The van der Waals surface area contributed by atoms with Crippen molar-refractivity contribution in [3.63, 3.8) is 0 Å². The fourth-order valence-corrected chi connectivity index (χ4v) is 1.69. The van der Waals surface area contributed by atoms with Gasteiger partial charge in [-0.1, -0.05) is 15.9 Å². The van der Waals surface area contributed by atoms with Crippen LogP contribution in [0.25, 0.3) is 0 Å². The highest BCUT2D eigenvalue weighted by molar-refractivity contribution is 9.10. The summed E-state index contributed by atoms with van der Waals surface area (Å²) in [4.78, 5) is 11.2. The fourth-order valence-electron chi connectivity index (χ4n) is 1.19. The summed E-state index contributed by atoms with van der Waals surface area (Å²) in [6.45, 7) is 1.70. The standard InChI is InChI=1S/C10H11BrO3/c1-6(12)9-4-8(11)3-7(5-14-2)10(9)13/h3-4,13H,5H2,1-2H3. The number of halogens is 1. The number of carbonyl (C=O) groups is 1. The van der Waals surface area contributed by atoms with Gasteiger partial charge in [0.2, 0.25) is 0 Å². The Kier molecular flexibility index (Phi) is 3.66. The van der Waals surface area contributed by atoms with E-state index in [1.807, 2.05) is 0 Å². The van der Waals surface area contributed by atoms with Gasteiger partial charge in [-0.25, -0.2) is 0 Å². The Bertz CT molecular complexity index is 361. The van der Waals surface area contributed by atoms with E-state index in [2.05, 4.69) is 15.9 Å². The van der Waals surface area contributed by atoms with E-state index in [0.717, 1.165) is 4.47 Å². The van der Waals surface area contributed by atoms with E-state index in [1.165, 1.54) is 14.0 Å². The molecule has 1 aromatic carbocycles. The van der Waals surface area contributed by atoms with Gasteiger partial charge in [0, 0.05) is 17.1 Å². The molecule has 0 aliphatic rings. The van der Waals surface area contributed by atoms with Crippen LogP contribution in [0.5, 0.6) is 5.75 Å². The minimum Gasteiger partial charge on any atom is -0.507 e. The van der Waals surface area contributed by atoms with E-state index < -0.39 is 0 Å². The second-order valence-corrected chi connectivity index (χ2v) is 3.87. The summed E-state index contributed by atoms with van der Waals surface area (Å²) in [5.74, 6) is -0.163. The second-order valence-electron chi connectivity index (χ2n) is 2.95. The van der Waals surface area contributed by atoms with E-state index in [-0.39, 0.29) is 18.1 Å². The maximum absolute atomic E-state index is 11.2. The van der Waals surface area contributed by atoms with Gasteiger partial charge >= 0.3 is 0 Å². The third-order valence-corrected chi connectivity index (χ3v) is 2.29. The van der Waals surface area contributed by atoms with Crippen LogP contribution in [0.15, 0.2) is 16.6 Å². The lowest BCUT2D eigenvalue weighted by Crippen LogP contribution is -1.97. The summed E-state index contributed by atoms with van der Waals surface area (Å²) in [6.07, 6.45) is 0. The van der Waals surface area contributed by atoms with Crippen LogP contribution in [0.4, 0.5) is 0 Å². The van der Waals surface area contributed by atoms with Crippen LogP contribution in [0.1, 0.15) is 22.8 Å². The summed E-state index contributed by atoms with van der Waals surface area (Å²) in [6, 6.07) is 3.32. The minimum absolute atomic E-state index is 0.00236. The number of hydrogen-bond acceptors (Lipinski definition) is 3. The Balaban J connectivity index is 3.24. The summed E-state index contributed by atoms with van der Waals surface area (Å²) in [5, 5.41) is 9.69. The van der Waals surface area contributed by atoms with Crippen LogP contribution in [-0.4, -0.2) is 18.0 Å². The molecule has 0 aromatic heterocycles. The number of phenols is 1. The van der Waals surface area contributed by atoms with E-state index in [9.17, 15) is 9.90 Å². The molecule has 0 heterocycles. The molecule has 0 unspecified atom stereocenters. The topological polar surface area (TPSA) is 46.5 Å². The lowest BCUT2D eigenvalue weighted by Gasteiger charge is -2.08. The van der Waals surface area contributed by atoms with Crippen LogP contribution >= 0.6 is 15.9 Å². The predicted molar refractivity (Wildman–Crippen MR) is 56.5 cm³/mol. The molecular formula is C10H11BrO3. The third kappa shape index (κ3) is 2.33. The SMILES string of the molecule is COCc1cc(Br)cc(C(C)=O)c1O. The summed E-state index contributed by atoms with van der Waals surface area (Å²) >= 11 is 3.27. The van der Waals surface area contributed by atoms with Crippen molar-refractivity contribution in [2.45, 2.75) is 13.5 Å². The van der Waals surface area contributed by atoms with Crippen LogP contribution in [0, 0.1) is 0 Å². The highest BCUT2D eigenvalue weighted by Crippen LogP contribution is 2.28. The number of rotatable bonds is 3. The largest absolute Gasteiger partial charge is 0.507 e.